The van der Waals surface area contributed by atoms with Crippen LogP contribution in [-0.4, -0.2) is 16.9 Å². The van der Waals surface area contributed by atoms with Gasteiger partial charge in [0.25, 0.3) is 0 Å². The van der Waals surface area contributed by atoms with Gasteiger partial charge in [-0.2, -0.15) is 20.5 Å². The first-order chi connectivity index (χ1) is 3.96. The van der Waals surface area contributed by atoms with E-state index < -0.39 is 10.8 Å². The summed E-state index contributed by atoms with van der Waals surface area (Å²) in [6.45, 7) is 1.51. The van der Waals surface area contributed by atoms with E-state index in [1.807, 2.05) is 0 Å². The molecule has 1 rings (SSSR count). The van der Waals surface area contributed by atoms with Crippen molar-refractivity contribution in [2.45, 2.75) is 12.3 Å². The molecule has 1 fully saturated rings. The molecule has 0 aromatic rings. The van der Waals surface area contributed by atoms with E-state index in [0.29, 0.717) is 11.5 Å². The van der Waals surface area contributed by atoms with E-state index in [4.69, 9.17) is 11.6 Å². The van der Waals surface area contributed by atoms with Gasteiger partial charge in [0.2, 0.25) is 0 Å². The Hall–Kier alpha value is 0.500. The Morgan fingerprint density at radius 1 is 1.56 bits per heavy atom. The Bertz CT molecular complexity index is 117. The molecule has 0 nitrogen and oxygen atoms in total. The van der Waals surface area contributed by atoms with Crippen LogP contribution in [0, 0.1) is 5.41 Å². The number of hydrogen-bond acceptors (Lipinski definition) is 1. The summed E-state index contributed by atoms with van der Waals surface area (Å²) in [4.78, 5) is 0. The average molecular weight is 173 g/mol. The fourth-order valence-corrected chi connectivity index (χ4v) is 2.04. The Morgan fingerprint density at radius 3 is 2.00 bits per heavy atom. The van der Waals surface area contributed by atoms with Crippen molar-refractivity contribution in [1.82, 2.24) is 0 Å². The number of halogens is 3. The molecule has 1 aliphatic heterocycles. The Morgan fingerprint density at radius 2 is 2.00 bits per heavy atom. The fraction of sp³-hybridized carbons (Fsp3) is 1.00. The topological polar surface area (TPSA) is 0 Å². The van der Waals surface area contributed by atoms with Crippen LogP contribution in [0.15, 0.2) is 0 Å². The lowest BCUT2D eigenvalue weighted by Crippen LogP contribution is -2.45. The summed E-state index contributed by atoms with van der Waals surface area (Å²) in [6.07, 6.45) is 0. The summed E-state index contributed by atoms with van der Waals surface area (Å²) in [7, 11) is 0. The highest BCUT2D eigenvalue weighted by atomic mass is 35.5. The summed E-state index contributed by atoms with van der Waals surface area (Å²) in [6, 6.07) is 0. The molecule has 0 bridgehead atoms. The minimum Gasteiger partial charge on any atom is -0.188 e. The molecule has 0 aromatic carbocycles. The van der Waals surface area contributed by atoms with Crippen molar-refractivity contribution in [3.05, 3.63) is 0 Å². The molecule has 0 spiro atoms. The number of alkyl halides is 3. The predicted octanol–water partition coefficient (Wildman–Crippen LogP) is 2.57. The predicted molar refractivity (Wildman–Crippen MR) is 36.2 cm³/mol. The molecule has 0 unspecified atom stereocenters. The molecule has 0 aliphatic carbocycles. The second-order valence-electron chi connectivity index (χ2n) is 2.55. The maximum Gasteiger partial charge on any atom is 0.328 e. The Kier molecular flexibility index (Phi) is 1.68. The monoisotopic (exact) mass is 172 g/mol. The SMILES string of the molecule is CC1(C(F)(F)Cl)CSC1. The molecular weight excluding hydrogens is 166 g/mol. The number of rotatable bonds is 1. The zero-order valence-corrected chi connectivity index (χ0v) is 6.53. The molecule has 1 aliphatic rings. The van der Waals surface area contributed by atoms with E-state index in [1.54, 1.807) is 0 Å². The lowest BCUT2D eigenvalue weighted by atomic mass is 9.95. The second-order valence-corrected chi connectivity index (χ2v) is 4.01. The van der Waals surface area contributed by atoms with Gasteiger partial charge in [-0.25, -0.2) is 0 Å². The maximum absolute atomic E-state index is 12.3. The van der Waals surface area contributed by atoms with E-state index in [-0.39, 0.29) is 0 Å². The summed E-state index contributed by atoms with van der Waals surface area (Å²) in [5.41, 5.74) is -0.945. The van der Waals surface area contributed by atoms with Crippen molar-refractivity contribution in [3.8, 4) is 0 Å². The standard InChI is InChI=1S/C5H7ClF2S/c1-4(2-9-3-4)5(6,7)8/h2-3H2,1H3. The summed E-state index contributed by atoms with van der Waals surface area (Å²) < 4.78 is 24.6. The Labute approximate surface area is 62.0 Å². The molecular formula is C5H7ClF2S. The van der Waals surface area contributed by atoms with Crippen LogP contribution in [0.1, 0.15) is 6.92 Å². The van der Waals surface area contributed by atoms with Gasteiger partial charge in [-0.1, -0.05) is 6.92 Å². The molecule has 9 heavy (non-hydrogen) atoms. The zero-order chi connectivity index (χ0) is 7.12. The van der Waals surface area contributed by atoms with Crippen molar-refractivity contribution in [1.29, 1.82) is 0 Å². The zero-order valence-electron chi connectivity index (χ0n) is 4.96. The minimum absolute atomic E-state index is 0.476. The van der Waals surface area contributed by atoms with Gasteiger partial charge in [-0.15, -0.1) is 0 Å². The third kappa shape index (κ3) is 1.17. The van der Waals surface area contributed by atoms with Crippen molar-refractivity contribution in [2.75, 3.05) is 11.5 Å². The second kappa shape index (κ2) is 1.99. The van der Waals surface area contributed by atoms with Crippen LogP contribution in [0.2, 0.25) is 0 Å². The van der Waals surface area contributed by atoms with Gasteiger partial charge in [-0.05, 0) is 11.6 Å². The van der Waals surface area contributed by atoms with E-state index in [9.17, 15) is 8.78 Å². The molecule has 0 atom stereocenters. The molecule has 0 amide bonds. The molecule has 0 radical (unpaired) electrons. The smallest absolute Gasteiger partial charge is 0.188 e. The summed E-state index contributed by atoms with van der Waals surface area (Å²) >= 11 is 6.34. The molecule has 1 saturated heterocycles. The van der Waals surface area contributed by atoms with Gasteiger partial charge < -0.3 is 0 Å². The normalized spacial score (nSPS) is 25.3. The van der Waals surface area contributed by atoms with Crippen LogP contribution >= 0.6 is 23.4 Å². The highest BCUT2D eigenvalue weighted by molar-refractivity contribution is 8.00. The van der Waals surface area contributed by atoms with Gasteiger partial charge in [0.05, 0.1) is 5.41 Å². The summed E-state index contributed by atoms with van der Waals surface area (Å²) in [5.74, 6) is 0.951. The van der Waals surface area contributed by atoms with Crippen LogP contribution in [0.5, 0.6) is 0 Å². The Balaban J connectivity index is 2.59. The van der Waals surface area contributed by atoms with Gasteiger partial charge in [0.15, 0.2) is 0 Å². The highest BCUT2D eigenvalue weighted by Crippen LogP contribution is 2.50. The van der Waals surface area contributed by atoms with Crippen LogP contribution in [-0.2, 0) is 0 Å². The average Bonchev–Trinajstić information content (AvgIpc) is 1.57. The molecule has 0 saturated carbocycles. The van der Waals surface area contributed by atoms with Gasteiger partial charge in [0, 0.05) is 11.5 Å². The number of thioether (sulfide) groups is 1. The molecule has 0 N–H and O–H groups in total. The third-order valence-corrected chi connectivity index (χ3v) is 3.66. The quantitative estimate of drug-likeness (QED) is 0.548. The van der Waals surface area contributed by atoms with Gasteiger partial charge >= 0.3 is 5.38 Å². The van der Waals surface area contributed by atoms with Crippen LogP contribution in [0.25, 0.3) is 0 Å². The van der Waals surface area contributed by atoms with Crippen molar-refractivity contribution in [3.63, 3.8) is 0 Å². The summed E-state index contributed by atoms with van der Waals surface area (Å²) in [5, 5.41) is -3.02. The van der Waals surface area contributed by atoms with E-state index in [0.717, 1.165) is 0 Å². The largest absolute Gasteiger partial charge is 0.328 e. The first kappa shape index (κ1) is 7.61. The van der Waals surface area contributed by atoms with Crippen LogP contribution in [0.4, 0.5) is 8.78 Å². The van der Waals surface area contributed by atoms with E-state index in [1.165, 1.54) is 18.7 Å². The maximum atomic E-state index is 12.3. The van der Waals surface area contributed by atoms with Crippen molar-refractivity contribution >= 4 is 23.4 Å². The molecule has 1 heterocycles. The first-order valence-corrected chi connectivity index (χ1v) is 4.13. The van der Waals surface area contributed by atoms with E-state index >= 15 is 0 Å². The molecule has 4 heteroatoms. The minimum atomic E-state index is -3.02. The van der Waals surface area contributed by atoms with Crippen molar-refractivity contribution < 1.29 is 8.78 Å². The van der Waals surface area contributed by atoms with Gasteiger partial charge in [-0.3, -0.25) is 0 Å². The lowest BCUT2D eigenvalue weighted by molar-refractivity contribution is -0.0148. The third-order valence-electron chi connectivity index (χ3n) is 1.53. The van der Waals surface area contributed by atoms with Crippen LogP contribution < -0.4 is 0 Å². The molecule has 54 valence electrons. The van der Waals surface area contributed by atoms with Gasteiger partial charge in [0.1, 0.15) is 0 Å². The van der Waals surface area contributed by atoms with Crippen LogP contribution in [0.3, 0.4) is 0 Å². The fourth-order valence-electron chi connectivity index (χ4n) is 0.572. The highest BCUT2D eigenvalue weighted by Gasteiger charge is 2.53. The molecule has 0 aromatic heterocycles. The number of hydrogen-bond donors (Lipinski definition) is 0. The lowest BCUT2D eigenvalue weighted by Gasteiger charge is -2.40. The first-order valence-electron chi connectivity index (χ1n) is 2.60. The van der Waals surface area contributed by atoms with E-state index in [2.05, 4.69) is 0 Å². The van der Waals surface area contributed by atoms with Crippen molar-refractivity contribution in [2.24, 2.45) is 5.41 Å².